The van der Waals surface area contributed by atoms with Crippen LogP contribution in [-0.4, -0.2) is 53.3 Å². The molecule has 0 bridgehead atoms. The second kappa shape index (κ2) is 10.3. The summed E-state index contributed by atoms with van der Waals surface area (Å²) in [6.07, 6.45) is -8.55. The van der Waals surface area contributed by atoms with Crippen LogP contribution in [0.3, 0.4) is 0 Å². The summed E-state index contributed by atoms with van der Waals surface area (Å²) in [6, 6.07) is 5.77. The molecule has 15 heteroatoms. The van der Waals surface area contributed by atoms with Crippen LogP contribution < -0.4 is 15.4 Å². The summed E-state index contributed by atoms with van der Waals surface area (Å²) in [6.45, 7) is -0.799. The van der Waals surface area contributed by atoms with Crippen LogP contribution in [0.5, 0.6) is 6.08 Å². The summed E-state index contributed by atoms with van der Waals surface area (Å²) in [5.41, 5.74) is -0.607. The minimum Gasteiger partial charge on any atom is -0.447 e. The SMILES string of the molecule is O=C(N[C@H]1CC[C@H](c2nnc(OCCOC(F)(F)F)o2)NC1)c1ccc2nc(C(F)(F)F)ccc2c1. The van der Waals surface area contributed by atoms with E-state index >= 15 is 0 Å². The van der Waals surface area contributed by atoms with Crippen molar-refractivity contribution in [3.05, 3.63) is 47.5 Å². The number of pyridine rings is 1. The third-order valence-corrected chi connectivity index (χ3v) is 5.29. The van der Waals surface area contributed by atoms with Gasteiger partial charge in [0.05, 0.1) is 18.2 Å². The van der Waals surface area contributed by atoms with Gasteiger partial charge in [0, 0.05) is 23.5 Å². The van der Waals surface area contributed by atoms with Crippen molar-refractivity contribution in [3.8, 4) is 6.08 Å². The van der Waals surface area contributed by atoms with E-state index in [1.165, 1.54) is 24.3 Å². The summed E-state index contributed by atoms with van der Waals surface area (Å²) >= 11 is 0. The Labute approximate surface area is 199 Å². The van der Waals surface area contributed by atoms with Gasteiger partial charge in [0.1, 0.15) is 12.3 Å². The molecule has 2 aromatic heterocycles. The molecule has 2 N–H and O–H groups in total. The van der Waals surface area contributed by atoms with Crippen molar-refractivity contribution < 1.29 is 45.0 Å². The van der Waals surface area contributed by atoms with Crippen molar-refractivity contribution in [2.75, 3.05) is 19.8 Å². The van der Waals surface area contributed by atoms with E-state index in [0.717, 1.165) is 6.07 Å². The fraction of sp³-hybridized carbons (Fsp3) is 0.429. The number of alkyl halides is 6. The lowest BCUT2D eigenvalue weighted by Gasteiger charge is -2.28. The monoisotopic (exact) mass is 519 g/mol. The molecule has 0 radical (unpaired) electrons. The lowest BCUT2D eigenvalue weighted by molar-refractivity contribution is -0.325. The van der Waals surface area contributed by atoms with Crippen molar-refractivity contribution in [2.24, 2.45) is 0 Å². The highest BCUT2D eigenvalue weighted by Crippen LogP contribution is 2.29. The summed E-state index contributed by atoms with van der Waals surface area (Å²) in [4.78, 5) is 16.2. The number of rotatable bonds is 7. The number of ether oxygens (including phenoxy) is 2. The third-order valence-electron chi connectivity index (χ3n) is 5.29. The van der Waals surface area contributed by atoms with Crippen LogP contribution in [0.25, 0.3) is 10.9 Å². The number of carbonyl (C=O) groups is 1. The van der Waals surface area contributed by atoms with Gasteiger partial charge in [-0.2, -0.15) is 13.2 Å². The first-order valence-corrected chi connectivity index (χ1v) is 10.7. The molecule has 1 saturated heterocycles. The van der Waals surface area contributed by atoms with Crippen molar-refractivity contribution in [1.82, 2.24) is 25.8 Å². The fourth-order valence-corrected chi connectivity index (χ4v) is 3.59. The van der Waals surface area contributed by atoms with Crippen LogP contribution >= 0.6 is 0 Å². The minimum absolute atomic E-state index is 0.124. The molecule has 3 heterocycles. The molecule has 3 aromatic rings. The number of carbonyl (C=O) groups excluding carboxylic acids is 1. The zero-order valence-corrected chi connectivity index (χ0v) is 18.3. The number of fused-ring (bicyclic) bond motifs is 1. The van der Waals surface area contributed by atoms with Gasteiger partial charge in [0.25, 0.3) is 5.91 Å². The molecule has 4 rings (SSSR count). The zero-order valence-electron chi connectivity index (χ0n) is 18.3. The number of hydrogen-bond acceptors (Lipinski definition) is 8. The van der Waals surface area contributed by atoms with Crippen LogP contribution in [0.1, 0.15) is 40.8 Å². The Morgan fingerprint density at radius 3 is 2.58 bits per heavy atom. The van der Waals surface area contributed by atoms with Gasteiger partial charge in [-0.3, -0.25) is 9.53 Å². The molecule has 0 unspecified atom stereocenters. The molecule has 1 aliphatic rings. The molecule has 36 heavy (non-hydrogen) atoms. The van der Waals surface area contributed by atoms with Crippen LogP contribution in [0, 0.1) is 0 Å². The topological polar surface area (TPSA) is 111 Å². The normalized spacial score (nSPS) is 18.8. The number of hydrogen-bond donors (Lipinski definition) is 2. The molecule has 1 aliphatic heterocycles. The maximum absolute atomic E-state index is 12.8. The van der Waals surface area contributed by atoms with Crippen LogP contribution in [0.15, 0.2) is 34.7 Å². The number of amides is 1. The van der Waals surface area contributed by atoms with E-state index in [1.807, 2.05) is 0 Å². The quantitative estimate of drug-likeness (QED) is 0.359. The van der Waals surface area contributed by atoms with Gasteiger partial charge in [-0.15, -0.1) is 18.3 Å². The van der Waals surface area contributed by atoms with E-state index in [4.69, 9.17) is 9.15 Å². The number of piperidine rings is 1. The van der Waals surface area contributed by atoms with E-state index in [0.29, 0.717) is 24.8 Å². The maximum atomic E-state index is 12.8. The van der Waals surface area contributed by atoms with Gasteiger partial charge in [0.15, 0.2) is 0 Å². The van der Waals surface area contributed by atoms with Crippen LogP contribution in [-0.2, 0) is 10.9 Å². The highest BCUT2D eigenvalue weighted by molar-refractivity contribution is 5.98. The molecule has 1 amide bonds. The van der Waals surface area contributed by atoms with Gasteiger partial charge in [-0.1, -0.05) is 11.2 Å². The van der Waals surface area contributed by atoms with Crippen LogP contribution in [0.4, 0.5) is 26.3 Å². The summed E-state index contributed by atoms with van der Waals surface area (Å²) in [5, 5.41) is 13.8. The number of nitrogens with one attached hydrogen (secondary N) is 2. The van der Waals surface area contributed by atoms with Crippen molar-refractivity contribution in [1.29, 1.82) is 0 Å². The lowest BCUT2D eigenvalue weighted by Crippen LogP contribution is -2.46. The molecule has 9 nitrogen and oxygen atoms in total. The van der Waals surface area contributed by atoms with Crippen molar-refractivity contribution >= 4 is 16.8 Å². The molecule has 2 atom stereocenters. The lowest BCUT2D eigenvalue weighted by atomic mass is 10.00. The number of halogens is 6. The Kier molecular flexibility index (Phi) is 7.31. The first kappa shape index (κ1) is 25.6. The van der Waals surface area contributed by atoms with E-state index in [1.54, 1.807) is 0 Å². The minimum atomic E-state index is -4.76. The Morgan fingerprint density at radius 1 is 1.08 bits per heavy atom. The van der Waals surface area contributed by atoms with Gasteiger partial charge in [0.2, 0.25) is 5.89 Å². The van der Waals surface area contributed by atoms with E-state index in [-0.39, 0.29) is 35.1 Å². The van der Waals surface area contributed by atoms with Crippen molar-refractivity contribution in [3.63, 3.8) is 0 Å². The molecule has 1 aromatic carbocycles. The average molecular weight is 519 g/mol. The van der Waals surface area contributed by atoms with E-state index in [9.17, 15) is 31.1 Å². The second-order valence-electron chi connectivity index (χ2n) is 7.86. The Morgan fingerprint density at radius 2 is 1.89 bits per heavy atom. The molecule has 0 spiro atoms. The summed E-state index contributed by atoms with van der Waals surface area (Å²) < 4.78 is 88.2. The maximum Gasteiger partial charge on any atom is 0.522 e. The van der Waals surface area contributed by atoms with Gasteiger partial charge in [-0.25, -0.2) is 4.98 Å². The fourth-order valence-electron chi connectivity index (χ4n) is 3.59. The standard InChI is InChI=1S/C21H19F6N5O4/c22-20(23,24)16-6-2-11-9-12(1-4-14(11)30-16)17(33)29-13-3-5-15(28-10-13)18-31-32-19(36-18)34-7-8-35-21(25,26)27/h1-2,4,6,9,13,15,28H,3,5,7-8,10H2,(H,29,33)/t13-,15+/m0/s1. The molecule has 0 aliphatic carbocycles. The van der Waals surface area contributed by atoms with Gasteiger partial charge < -0.3 is 19.8 Å². The summed E-state index contributed by atoms with van der Waals surface area (Å²) in [5.74, 6) is -0.205. The largest absolute Gasteiger partial charge is 0.522 e. The second-order valence-corrected chi connectivity index (χ2v) is 7.86. The smallest absolute Gasteiger partial charge is 0.447 e. The Hall–Kier alpha value is -3.46. The predicted octanol–water partition coefficient (Wildman–Crippen LogP) is 3.77. The number of aromatic nitrogens is 3. The first-order valence-electron chi connectivity index (χ1n) is 10.7. The zero-order chi connectivity index (χ0) is 25.9. The summed E-state index contributed by atoms with van der Waals surface area (Å²) in [7, 11) is 0. The Bertz CT molecular complexity index is 1210. The Balaban J connectivity index is 1.27. The van der Waals surface area contributed by atoms with E-state index in [2.05, 4.69) is 30.6 Å². The number of nitrogens with zero attached hydrogens (tertiary/aromatic N) is 3. The molecule has 194 valence electrons. The predicted molar refractivity (Wildman–Crippen MR) is 110 cm³/mol. The van der Waals surface area contributed by atoms with Crippen LogP contribution in [0.2, 0.25) is 0 Å². The highest BCUT2D eigenvalue weighted by Gasteiger charge is 2.33. The van der Waals surface area contributed by atoms with Gasteiger partial charge in [-0.05, 0) is 37.1 Å². The van der Waals surface area contributed by atoms with Gasteiger partial charge >= 0.3 is 18.6 Å². The van der Waals surface area contributed by atoms with Crippen molar-refractivity contribution in [2.45, 2.75) is 37.5 Å². The molecular formula is C21H19F6N5O4. The molecule has 0 saturated carbocycles. The average Bonchev–Trinajstić information content (AvgIpc) is 3.29. The molecular weight excluding hydrogens is 500 g/mol. The van der Waals surface area contributed by atoms with E-state index < -0.39 is 37.4 Å². The first-order chi connectivity index (χ1) is 17.0. The number of benzene rings is 1. The molecule has 1 fully saturated rings. The highest BCUT2D eigenvalue weighted by atomic mass is 19.4. The third kappa shape index (κ3) is 6.60.